The average Bonchev–Trinajstić information content (AvgIpc) is 2.46. The van der Waals surface area contributed by atoms with Crippen LogP contribution in [0.3, 0.4) is 0 Å². The van der Waals surface area contributed by atoms with Crippen molar-refractivity contribution in [2.45, 2.75) is 50.7 Å². The number of carbonyl (C=O) groups is 1. The molecule has 2 rings (SSSR count). The molecular formula is C15H27NO4. The van der Waals surface area contributed by atoms with Gasteiger partial charge in [-0.05, 0) is 19.3 Å². The van der Waals surface area contributed by atoms with Crippen molar-refractivity contribution in [3.8, 4) is 0 Å². The van der Waals surface area contributed by atoms with Crippen LogP contribution in [0.5, 0.6) is 0 Å². The summed E-state index contributed by atoms with van der Waals surface area (Å²) in [7, 11) is 1.79. The number of rotatable bonds is 4. The highest BCUT2D eigenvalue weighted by Crippen LogP contribution is 2.27. The molecule has 0 aliphatic carbocycles. The summed E-state index contributed by atoms with van der Waals surface area (Å²) >= 11 is 0. The maximum Gasteiger partial charge on any atom is 0.228 e. The molecule has 2 saturated heterocycles. The monoisotopic (exact) mass is 285 g/mol. The van der Waals surface area contributed by atoms with Crippen molar-refractivity contribution in [1.29, 1.82) is 0 Å². The number of nitrogens with zero attached hydrogens (tertiary/aromatic N) is 1. The van der Waals surface area contributed by atoms with Gasteiger partial charge in [0.1, 0.15) is 0 Å². The SMILES string of the molecule is CC[C@H]1OCCC[C@H]1C(=O)N(C)CC1(O)CCOCC1. The number of hydrogen-bond donors (Lipinski definition) is 1. The third kappa shape index (κ3) is 3.71. The molecule has 2 fully saturated rings. The minimum Gasteiger partial charge on any atom is -0.388 e. The molecule has 0 radical (unpaired) electrons. The van der Waals surface area contributed by atoms with Crippen LogP contribution < -0.4 is 0 Å². The molecule has 2 heterocycles. The van der Waals surface area contributed by atoms with E-state index in [1.165, 1.54) is 0 Å². The maximum absolute atomic E-state index is 12.6. The van der Waals surface area contributed by atoms with Gasteiger partial charge in [0, 0.05) is 46.3 Å². The molecule has 1 amide bonds. The molecule has 0 spiro atoms. The largest absolute Gasteiger partial charge is 0.388 e. The van der Waals surface area contributed by atoms with Gasteiger partial charge in [-0.25, -0.2) is 0 Å². The molecule has 0 saturated carbocycles. The molecule has 1 N–H and O–H groups in total. The molecule has 0 aromatic heterocycles. The Morgan fingerprint density at radius 3 is 2.70 bits per heavy atom. The van der Waals surface area contributed by atoms with Gasteiger partial charge in [-0.3, -0.25) is 4.79 Å². The summed E-state index contributed by atoms with van der Waals surface area (Å²) in [6.45, 7) is 4.35. The van der Waals surface area contributed by atoms with Crippen molar-refractivity contribution in [2.75, 3.05) is 33.4 Å². The third-order valence-electron chi connectivity index (χ3n) is 4.49. The smallest absolute Gasteiger partial charge is 0.228 e. The van der Waals surface area contributed by atoms with E-state index in [0.717, 1.165) is 25.9 Å². The van der Waals surface area contributed by atoms with E-state index >= 15 is 0 Å². The van der Waals surface area contributed by atoms with Crippen LogP contribution in [0.1, 0.15) is 39.0 Å². The van der Waals surface area contributed by atoms with Crippen LogP contribution in [-0.2, 0) is 14.3 Å². The van der Waals surface area contributed by atoms with Crippen LogP contribution in [0.2, 0.25) is 0 Å². The summed E-state index contributed by atoms with van der Waals surface area (Å²) < 4.78 is 11.0. The number of likely N-dealkylation sites (N-methyl/N-ethyl adjacent to an activating group) is 1. The van der Waals surface area contributed by atoms with Crippen LogP contribution >= 0.6 is 0 Å². The summed E-state index contributed by atoms with van der Waals surface area (Å²) in [4.78, 5) is 14.3. The zero-order valence-electron chi connectivity index (χ0n) is 12.6. The van der Waals surface area contributed by atoms with E-state index in [1.807, 2.05) is 0 Å². The van der Waals surface area contributed by atoms with Crippen molar-refractivity contribution >= 4 is 5.91 Å². The average molecular weight is 285 g/mol. The van der Waals surface area contributed by atoms with Crippen molar-refractivity contribution < 1.29 is 19.4 Å². The molecule has 116 valence electrons. The molecule has 0 aromatic carbocycles. The molecule has 2 aliphatic heterocycles. The molecule has 0 bridgehead atoms. The minimum absolute atomic E-state index is 0.0306. The Hall–Kier alpha value is -0.650. The van der Waals surface area contributed by atoms with E-state index in [0.29, 0.717) is 32.6 Å². The fraction of sp³-hybridized carbons (Fsp3) is 0.933. The second-order valence-corrected chi connectivity index (χ2v) is 6.10. The lowest BCUT2D eigenvalue weighted by Crippen LogP contribution is -2.50. The lowest BCUT2D eigenvalue weighted by atomic mass is 9.89. The molecule has 5 nitrogen and oxygen atoms in total. The second-order valence-electron chi connectivity index (χ2n) is 6.10. The number of aliphatic hydroxyl groups is 1. The predicted octanol–water partition coefficient (Wildman–Crippen LogP) is 1.19. The molecule has 2 aliphatic rings. The van der Waals surface area contributed by atoms with Gasteiger partial charge in [0.2, 0.25) is 5.91 Å². The van der Waals surface area contributed by atoms with Crippen molar-refractivity contribution in [1.82, 2.24) is 4.90 Å². The predicted molar refractivity (Wildman–Crippen MR) is 75.4 cm³/mol. The van der Waals surface area contributed by atoms with Crippen molar-refractivity contribution in [2.24, 2.45) is 5.92 Å². The van der Waals surface area contributed by atoms with Crippen LogP contribution in [0.25, 0.3) is 0 Å². The van der Waals surface area contributed by atoms with Crippen LogP contribution in [0, 0.1) is 5.92 Å². The Morgan fingerprint density at radius 1 is 1.35 bits per heavy atom. The normalized spacial score (nSPS) is 29.9. The van der Waals surface area contributed by atoms with E-state index in [9.17, 15) is 9.90 Å². The fourth-order valence-electron chi connectivity index (χ4n) is 3.24. The number of ether oxygens (including phenoxy) is 2. The highest BCUT2D eigenvalue weighted by Gasteiger charge is 2.37. The molecule has 20 heavy (non-hydrogen) atoms. The quantitative estimate of drug-likeness (QED) is 0.843. The van der Waals surface area contributed by atoms with Crippen molar-refractivity contribution in [3.05, 3.63) is 0 Å². The Kier molecular flexibility index (Phi) is 5.41. The number of hydrogen-bond acceptors (Lipinski definition) is 4. The molecule has 5 heteroatoms. The lowest BCUT2D eigenvalue weighted by molar-refractivity contribution is -0.149. The zero-order valence-corrected chi connectivity index (χ0v) is 12.6. The van der Waals surface area contributed by atoms with Crippen LogP contribution in [0.4, 0.5) is 0 Å². The number of carbonyl (C=O) groups excluding carboxylic acids is 1. The van der Waals surface area contributed by atoms with E-state index in [4.69, 9.17) is 9.47 Å². The van der Waals surface area contributed by atoms with Crippen LogP contribution in [0.15, 0.2) is 0 Å². The number of amides is 1. The molecular weight excluding hydrogens is 258 g/mol. The third-order valence-corrected chi connectivity index (χ3v) is 4.49. The maximum atomic E-state index is 12.6. The summed E-state index contributed by atoms with van der Waals surface area (Å²) in [5.41, 5.74) is -0.792. The van der Waals surface area contributed by atoms with E-state index in [1.54, 1.807) is 11.9 Å². The van der Waals surface area contributed by atoms with Gasteiger partial charge in [0.05, 0.1) is 17.6 Å². The van der Waals surface area contributed by atoms with Crippen molar-refractivity contribution in [3.63, 3.8) is 0 Å². The zero-order chi connectivity index (χ0) is 14.6. The summed E-state index contributed by atoms with van der Waals surface area (Å²) in [6, 6.07) is 0. The highest BCUT2D eigenvalue weighted by molar-refractivity contribution is 5.79. The molecule has 0 unspecified atom stereocenters. The van der Waals surface area contributed by atoms with Crippen LogP contribution in [-0.4, -0.2) is 61.0 Å². The highest BCUT2D eigenvalue weighted by atomic mass is 16.5. The van der Waals surface area contributed by atoms with E-state index < -0.39 is 5.60 Å². The first-order chi connectivity index (χ1) is 9.56. The lowest BCUT2D eigenvalue weighted by Gasteiger charge is -2.38. The summed E-state index contributed by atoms with van der Waals surface area (Å²) in [6.07, 6.45) is 3.93. The van der Waals surface area contributed by atoms with Gasteiger partial charge in [-0.1, -0.05) is 6.92 Å². The molecule has 2 atom stereocenters. The Balaban J connectivity index is 1.93. The second kappa shape index (κ2) is 6.87. The van der Waals surface area contributed by atoms with E-state index in [2.05, 4.69) is 6.92 Å². The Labute approximate surface area is 121 Å². The first-order valence-electron chi connectivity index (χ1n) is 7.72. The first kappa shape index (κ1) is 15.7. The summed E-state index contributed by atoms with van der Waals surface area (Å²) in [5, 5.41) is 10.5. The topological polar surface area (TPSA) is 59.0 Å². The minimum atomic E-state index is -0.792. The Morgan fingerprint density at radius 2 is 2.05 bits per heavy atom. The van der Waals surface area contributed by atoms with Gasteiger partial charge in [0.15, 0.2) is 0 Å². The standard InChI is InChI=1S/C15H27NO4/c1-3-13-12(5-4-8-20-13)14(17)16(2)11-15(18)6-9-19-10-7-15/h12-13,18H,3-11H2,1-2H3/t12-,13-/m1/s1. The van der Waals surface area contributed by atoms with E-state index in [-0.39, 0.29) is 17.9 Å². The van der Waals surface area contributed by atoms with Gasteiger partial charge >= 0.3 is 0 Å². The fourth-order valence-corrected chi connectivity index (χ4v) is 3.24. The summed E-state index contributed by atoms with van der Waals surface area (Å²) in [5.74, 6) is 0.0543. The van der Waals surface area contributed by atoms with Gasteiger partial charge < -0.3 is 19.5 Å². The first-order valence-corrected chi connectivity index (χ1v) is 7.72. The van der Waals surface area contributed by atoms with Gasteiger partial charge in [-0.2, -0.15) is 0 Å². The van der Waals surface area contributed by atoms with Gasteiger partial charge in [0.25, 0.3) is 0 Å². The molecule has 0 aromatic rings. The van der Waals surface area contributed by atoms with Gasteiger partial charge in [-0.15, -0.1) is 0 Å². The Bertz CT molecular complexity index is 328.